The minimum atomic E-state index is -1.02. The van der Waals surface area contributed by atoms with Crippen molar-refractivity contribution < 1.29 is 14.7 Å². The summed E-state index contributed by atoms with van der Waals surface area (Å²) in [5.74, 6) is -1.54. The van der Waals surface area contributed by atoms with Gasteiger partial charge in [-0.2, -0.15) is 0 Å². The number of aromatic nitrogens is 1. The number of nitrogens with zero attached hydrogens (tertiary/aromatic N) is 1. The van der Waals surface area contributed by atoms with Crippen LogP contribution in [0, 0.1) is 12.8 Å². The monoisotopic (exact) mass is 250 g/mol. The van der Waals surface area contributed by atoms with Crippen LogP contribution in [0.15, 0.2) is 18.5 Å². The molecule has 0 aromatic carbocycles. The molecule has 5 heteroatoms. The summed E-state index contributed by atoms with van der Waals surface area (Å²) < 4.78 is 0. The first-order valence-corrected chi connectivity index (χ1v) is 5.91. The Labute approximate surface area is 106 Å². The van der Waals surface area contributed by atoms with Gasteiger partial charge in [0.05, 0.1) is 5.56 Å². The zero-order valence-electron chi connectivity index (χ0n) is 10.8. The molecule has 0 aliphatic heterocycles. The second-order valence-corrected chi connectivity index (χ2v) is 4.43. The van der Waals surface area contributed by atoms with Crippen molar-refractivity contribution in [2.45, 2.75) is 33.2 Å². The Balaban J connectivity index is 2.82. The number of carboxylic acids is 1. The second kappa shape index (κ2) is 6.14. The van der Waals surface area contributed by atoms with Gasteiger partial charge in [-0.05, 0) is 24.5 Å². The van der Waals surface area contributed by atoms with Crippen LogP contribution in [0.5, 0.6) is 0 Å². The molecule has 1 aromatic heterocycles. The molecular weight excluding hydrogens is 232 g/mol. The van der Waals surface area contributed by atoms with E-state index in [1.165, 1.54) is 6.20 Å². The van der Waals surface area contributed by atoms with Crippen molar-refractivity contribution in [3.63, 3.8) is 0 Å². The molecule has 2 atom stereocenters. The molecule has 1 heterocycles. The number of amides is 1. The zero-order chi connectivity index (χ0) is 13.7. The number of pyridine rings is 1. The molecular formula is C13H18N2O3. The maximum atomic E-state index is 11.9. The molecule has 0 fully saturated rings. The van der Waals surface area contributed by atoms with E-state index < -0.39 is 17.9 Å². The van der Waals surface area contributed by atoms with Gasteiger partial charge >= 0.3 is 5.97 Å². The van der Waals surface area contributed by atoms with Gasteiger partial charge in [0.25, 0.3) is 5.91 Å². The summed E-state index contributed by atoms with van der Waals surface area (Å²) in [6.07, 6.45) is 3.75. The zero-order valence-corrected chi connectivity index (χ0v) is 10.8. The van der Waals surface area contributed by atoms with E-state index in [2.05, 4.69) is 10.3 Å². The fourth-order valence-corrected chi connectivity index (χ4v) is 1.59. The Hall–Kier alpha value is -1.91. The van der Waals surface area contributed by atoms with Crippen LogP contribution >= 0.6 is 0 Å². The molecule has 0 radical (unpaired) electrons. The largest absolute Gasteiger partial charge is 0.480 e. The molecule has 1 aromatic rings. The Morgan fingerprint density at radius 2 is 2.11 bits per heavy atom. The smallest absolute Gasteiger partial charge is 0.326 e. The van der Waals surface area contributed by atoms with Gasteiger partial charge in [-0.1, -0.05) is 20.3 Å². The highest BCUT2D eigenvalue weighted by Gasteiger charge is 2.25. The average Bonchev–Trinajstić information content (AvgIpc) is 2.34. The van der Waals surface area contributed by atoms with Crippen LogP contribution < -0.4 is 5.32 Å². The Bertz CT molecular complexity index is 446. The normalized spacial score (nSPS) is 13.7. The van der Waals surface area contributed by atoms with Crippen molar-refractivity contribution in [3.8, 4) is 0 Å². The van der Waals surface area contributed by atoms with E-state index in [9.17, 15) is 9.59 Å². The topological polar surface area (TPSA) is 79.3 Å². The highest BCUT2D eigenvalue weighted by atomic mass is 16.4. The number of hydrogen-bond acceptors (Lipinski definition) is 3. The third kappa shape index (κ3) is 3.55. The fraction of sp³-hybridized carbons (Fsp3) is 0.462. The van der Waals surface area contributed by atoms with E-state index in [1.54, 1.807) is 19.2 Å². The average molecular weight is 250 g/mol. The number of nitrogens with one attached hydrogen (secondary N) is 1. The van der Waals surface area contributed by atoms with Crippen molar-refractivity contribution >= 4 is 11.9 Å². The van der Waals surface area contributed by atoms with Gasteiger partial charge in [-0.3, -0.25) is 9.78 Å². The Morgan fingerprint density at radius 3 is 2.61 bits per heavy atom. The van der Waals surface area contributed by atoms with Crippen LogP contribution in [0.3, 0.4) is 0 Å². The van der Waals surface area contributed by atoms with E-state index in [4.69, 9.17) is 5.11 Å². The third-order valence-corrected chi connectivity index (χ3v) is 2.90. The van der Waals surface area contributed by atoms with Crippen LogP contribution in [0.1, 0.15) is 36.2 Å². The number of aliphatic carboxylic acids is 1. The van der Waals surface area contributed by atoms with E-state index in [0.717, 1.165) is 5.56 Å². The molecule has 0 spiro atoms. The van der Waals surface area contributed by atoms with Crippen LogP contribution in [-0.2, 0) is 4.79 Å². The number of carbonyl (C=O) groups excluding carboxylic acids is 1. The SMILES string of the molecule is CCC(C)[C@H](NC(=O)c1cncc(C)c1)C(=O)O. The van der Waals surface area contributed by atoms with Gasteiger partial charge in [-0.25, -0.2) is 4.79 Å². The van der Waals surface area contributed by atoms with E-state index >= 15 is 0 Å². The lowest BCUT2D eigenvalue weighted by molar-refractivity contribution is -0.140. The number of aryl methyl sites for hydroxylation is 1. The molecule has 5 nitrogen and oxygen atoms in total. The molecule has 1 unspecified atom stereocenters. The molecule has 0 saturated heterocycles. The predicted octanol–water partition coefficient (Wildman–Crippen LogP) is 1.62. The van der Waals surface area contributed by atoms with Crippen LogP contribution in [0.4, 0.5) is 0 Å². The van der Waals surface area contributed by atoms with Gasteiger partial charge in [0.15, 0.2) is 0 Å². The molecule has 0 saturated carbocycles. The lowest BCUT2D eigenvalue weighted by atomic mass is 9.99. The fourth-order valence-electron chi connectivity index (χ4n) is 1.59. The molecule has 18 heavy (non-hydrogen) atoms. The Morgan fingerprint density at radius 1 is 1.44 bits per heavy atom. The van der Waals surface area contributed by atoms with Crippen molar-refractivity contribution in [1.29, 1.82) is 0 Å². The summed E-state index contributed by atoms with van der Waals surface area (Å²) in [7, 11) is 0. The summed E-state index contributed by atoms with van der Waals surface area (Å²) in [4.78, 5) is 26.9. The first-order chi connectivity index (χ1) is 8.45. The predicted molar refractivity (Wildman–Crippen MR) is 67.3 cm³/mol. The molecule has 0 bridgehead atoms. The van der Waals surface area contributed by atoms with Crippen LogP contribution in [0.25, 0.3) is 0 Å². The lowest BCUT2D eigenvalue weighted by Crippen LogP contribution is -2.45. The van der Waals surface area contributed by atoms with Gasteiger partial charge in [0, 0.05) is 12.4 Å². The number of carbonyl (C=O) groups is 2. The van der Waals surface area contributed by atoms with Gasteiger partial charge in [-0.15, -0.1) is 0 Å². The van der Waals surface area contributed by atoms with Crippen LogP contribution in [0.2, 0.25) is 0 Å². The van der Waals surface area contributed by atoms with Gasteiger partial charge in [0.1, 0.15) is 6.04 Å². The first kappa shape index (κ1) is 14.2. The van der Waals surface area contributed by atoms with E-state index in [0.29, 0.717) is 12.0 Å². The summed E-state index contributed by atoms with van der Waals surface area (Å²) in [5.41, 5.74) is 1.24. The summed E-state index contributed by atoms with van der Waals surface area (Å²) >= 11 is 0. The molecule has 0 aliphatic carbocycles. The number of hydrogen-bond donors (Lipinski definition) is 2. The highest BCUT2D eigenvalue weighted by molar-refractivity contribution is 5.96. The van der Waals surface area contributed by atoms with Gasteiger partial charge in [0.2, 0.25) is 0 Å². The minimum Gasteiger partial charge on any atom is -0.480 e. The third-order valence-electron chi connectivity index (χ3n) is 2.90. The molecule has 98 valence electrons. The van der Waals surface area contributed by atoms with Crippen molar-refractivity contribution in [3.05, 3.63) is 29.6 Å². The number of carboxylic acid groups (broad SMARTS) is 1. The lowest BCUT2D eigenvalue weighted by Gasteiger charge is -2.20. The standard InChI is InChI=1S/C13H18N2O3/c1-4-9(3)11(13(17)18)15-12(16)10-5-8(2)6-14-7-10/h5-7,9,11H,4H2,1-3H3,(H,15,16)(H,17,18)/t9?,11-/m0/s1. The summed E-state index contributed by atoms with van der Waals surface area (Å²) in [6.45, 7) is 5.52. The highest BCUT2D eigenvalue weighted by Crippen LogP contribution is 2.09. The second-order valence-electron chi connectivity index (χ2n) is 4.43. The van der Waals surface area contributed by atoms with Crippen molar-refractivity contribution in [2.75, 3.05) is 0 Å². The van der Waals surface area contributed by atoms with E-state index in [-0.39, 0.29) is 5.92 Å². The molecule has 0 aliphatic rings. The molecule has 1 rings (SSSR count). The van der Waals surface area contributed by atoms with Crippen molar-refractivity contribution in [1.82, 2.24) is 10.3 Å². The first-order valence-electron chi connectivity index (χ1n) is 5.91. The maximum Gasteiger partial charge on any atom is 0.326 e. The van der Waals surface area contributed by atoms with Crippen molar-refractivity contribution in [2.24, 2.45) is 5.92 Å². The quantitative estimate of drug-likeness (QED) is 0.832. The molecule has 2 N–H and O–H groups in total. The van der Waals surface area contributed by atoms with Gasteiger partial charge < -0.3 is 10.4 Å². The number of rotatable bonds is 5. The molecule has 1 amide bonds. The van der Waals surface area contributed by atoms with Crippen LogP contribution in [-0.4, -0.2) is 28.0 Å². The summed E-state index contributed by atoms with van der Waals surface area (Å²) in [6, 6.07) is 0.806. The minimum absolute atomic E-state index is 0.121. The Kier molecular flexibility index (Phi) is 4.83. The summed E-state index contributed by atoms with van der Waals surface area (Å²) in [5, 5.41) is 11.6. The maximum absolute atomic E-state index is 11.9. The van der Waals surface area contributed by atoms with E-state index in [1.807, 2.05) is 13.8 Å².